The fourth-order valence-electron chi connectivity index (χ4n) is 1.71. The molecule has 0 aliphatic carbocycles. The maximum atomic E-state index is 13.0. The lowest BCUT2D eigenvalue weighted by Crippen LogP contribution is -1.92. The topological polar surface area (TPSA) is 33.0 Å². The highest BCUT2D eigenvalue weighted by atomic mass is 19.1. The van der Waals surface area contributed by atoms with Gasteiger partial charge in [0.1, 0.15) is 23.4 Å². The number of halogens is 1. The zero-order chi connectivity index (χ0) is 13.1. The second-order valence-electron chi connectivity index (χ2n) is 4.12. The van der Waals surface area contributed by atoms with Crippen LogP contribution in [0.5, 0.6) is 11.5 Å². The van der Waals surface area contributed by atoms with Crippen molar-refractivity contribution in [1.29, 1.82) is 5.26 Å². The first kappa shape index (κ1) is 12.1. The molecule has 0 saturated heterocycles. The molecule has 0 amide bonds. The van der Waals surface area contributed by atoms with E-state index < -0.39 is 5.82 Å². The summed E-state index contributed by atoms with van der Waals surface area (Å²) in [6, 6.07) is 11.6. The SMILES string of the molecule is Cc1ccc(Oc2ccc(F)cc2C#N)c(C)c1. The molecule has 0 heterocycles. The maximum absolute atomic E-state index is 13.0. The number of nitriles is 1. The van der Waals surface area contributed by atoms with Crippen LogP contribution in [-0.2, 0) is 0 Å². The normalized spacial score (nSPS) is 9.89. The van der Waals surface area contributed by atoms with Gasteiger partial charge in [0.05, 0.1) is 5.56 Å². The summed E-state index contributed by atoms with van der Waals surface area (Å²) in [4.78, 5) is 0. The molecule has 0 N–H and O–H groups in total. The molecule has 0 atom stereocenters. The molecule has 2 aromatic carbocycles. The Hall–Kier alpha value is -2.34. The Labute approximate surface area is 105 Å². The summed E-state index contributed by atoms with van der Waals surface area (Å²) in [5.74, 6) is 0.592. The van der Waals surface area contributed by atoms with Gasteiger partial charge in [-0.25, -0.2) is 4.39 Å². The number of ether oxygens (including phenoxy) is 1. The van der Waals surface area contributed by atoms with E-state index in [1.165, 1.54) is 18.2 Å². The molecule has 0 aliphatic rings. The van der Waals surface area contributed by atoms with Crippen molar-refractivity contribution < 1.29 is 9.13 Å². The Balaban J connectivity index is 2.37. The van der Waals surface area contributed by atoms with Gasteiger partial charge < -0.3 is 4.74 Å². The lowest BCUT2D eigenvalue weighted by molar-refractivity contribution is 0.475. The van der Waals surface area contributed by atoms with Gasteiger partial charge in [0.15, 0.2) is 0 Å². The zero-order valence-corrected chi connectivity index (χ0v) is 10.2. The third-order valence-electron chi connectivity index (χ3n) is 2.61. The molecule has 2 nitrogen and oxygen atoms in total. The molecule has 0 fully saturated rings. The highest BCUT2D eigenvalue weighted by Crippen LogP contribution is 2.28. The van der Waals surface area contributed by atoms with Gasteiger partial charge in [-0.3, -0.25) is 0 Å². The predicted octanol–water partition coefficient (Wildman–Crippen LogP) is 4.11. The Morgan fingerprint density at radius 2 is 1.78 bits per heavy atom. The lowest BCUT2D eigenvalue weighted by Gasteiger charge is -2.10. The average molecular weight is 241 g/mol. The molecule has 0 aromatic heterocycles. The van der Waals surface area contributed by atoms with E-state index in [9.17, 15) is 4.39 Å². The van der Waals surface area contributed by atoms with Crippen molar-refractivity contribution in [2.24, 2.45) is 0 Å². The molecule has 0 bridgehead atoms. The van der Waals surface area contributed by atoms with Crippen molar-refractivity contribution in [3.8, 4) is 17.6 Å². The van der Waals surface area contributed by atoms with Crippen molar-refractivity contribution in [3.05, 3.63) is 58.9 Å². The van der Waals surface area contributed by atoms with E-state index in [1.807, 2.05) is 38.1 Å². The van der Waals surface area contributed by atoms with Crippen LogP contribution in [-0.4, -0.2) is 0 Å². The van der Waals surface area contributed by atoms with Gasteiger partial charge in [-0.05, 0) is 43.7 Å². The minimum atomic E-state index is -0.445. The van der Waals surface area contributed by atoms with Crippen LogP contribution >= 0.6 is 0 Å². The van der Waals surface area contributed by atoms with Gasteiger partial charge in [0.2, 0.25) is 0 Å². The van der Waals surface area contributed by atoms with Crippen LogP contribution in [0.2, 0.25) is 0 Å². The van der Waals surface area contributed by atoms with Crippen molar-refractivity contribution in [2.75, 3.05) is 0 Å². The first-order chi connectivity index (χ1) is 8.60. The van der Waals surface area contributed by atoms with Crippen LogP contribution in [0.3, 0.4) is 0 Å². The summed E-state index contributed by atoms with van der Waals surface area (Å²) in [7, 11) is 0. The Kier molecular flexibility index (Phi) is 3.29. The van der Waals surface area contributed by atoms with Crippen molar-refractivity contribution in [1.82, 2.24) is 0 Å². The molecule has 3 heteroatoms. The van der Waals surface area contributed by atoms with Crippen LogP contribution in [0.4, 0.5) is 4.39 Å². The number of benzene rings is 2. The molecule has 0 saturated carbocycles. The molecule has 0 aliphatic heterocycles. The van der Waals surface area contributed by atoms with Crippen LogP contribution in [0.15, 0.2) is 36.4 Å². The van der Waals surface area contributed by atoms with Gasteiger partial charge in [0.25, 0.3) is 0 Å². The smallest absolute Gasteiger partial charge is 0.145 e. The summed E-state index contributed by atoms with van der Waals surface area (Å²) in [5.41, 5.74) is 2.30. The maximum Gasteiger partial charge on any atom is 0.145 e. The molecule has 0 radical (unpaired) electrons. The molecule has 0 unspecified atom stereocenters. The van der Waals surface area contributed by atoms with Crippen LogP contribution < -0.4 is 4.74 Å². The first-order valence-corrected chi connectivity index (χ1v) is 5.55. The van der Waals surface area contributed by atoms with Gasteiger partial charge >= 0.3 is 0 Å². The first-order valence-electron chi connectivity index (χ1n) is 5.55. The third kappa shape index (κ3) is 2.49. The van der Waals surface area contributed by atoms with Gasteiger partial charge in [-0.2, -0.15) is 5.26 Å². The molecular formula is C15H12FNO. The second kappa shape index (κ2) is 4.89. The van der Waals surface area contributed by atoms with Gasteiger partial charge in [-0.1, -0.05) is 17.7 Å². The van der Waals surface area contributed by atoms with Crippen molar-refractivity contribution in [3.63, 3.8) is 0 Å². The van der Waals surface area contributed by atoms with E-state index in [0.29, 0.717) is 11.5 Å². The van der Waals surface area contributed by atoms with Crippen molar-refractivity contribution in [2.45, 2.75) is 13.8 Å². The van der Waals surface area contributed by atoms with Crippen LogP contribution in [0.1, 0.15) is 16.7 Å². The van der Waals surface area contributed by atoms with Crippen LogP contribution in [0, 0.1) is 31.0 Å². The molecule has 0 spiro atoms. The van der Waals surface area contributed by atoms with E-state index in [0.717, 1.165) is 11.1 Å². The molecule has 90 valence electrons. The average Bonchev–Trinajstić information content (AvgIpc) is 2.34. The predicted molar refractivity (Wildman–Crippen MR) is 67.1 cm³/mol. The molecule has 18 heavy (non-hydrogen) atoms. The summed E-state index contributed by atoms with van der Waals surface area (Å²) in [5, 5.41) is 8.94. The van der Waals surface area contributed by atoms with E-state index in [1.54, 1.807) is 0 Å². The Morgan fingerprint density at radius 1 is 1.06 bits per heavy atom. The zero-order valence-electron chi connectivity index (χ0n) is 10.2. The highest BCUT2D eigenvalue weighted by molar-refractivity contribution is 5.47. The highest BCUT2D eigenvalue weighted by Gasteiger charge is 2.07. The number of aryl methyl sites for hydroxylation is 2. The number of hydrogen-bond donors (Lipinski definition) is 0. The standard InChI is InChI=1S/C15H12FNO/c1-10-3-5-14(11(2)7-10)18-15-6-4-13(16)8-12(15)9-17/h3-8H,1-2H3. The molecular weight excluding hydrogens is 229 g/mol. The largest absolute Gasteiger partial charge is 0.456 e. The monoisotopic (exact) mass is 241 g/mol. The summed E-state index contributed by atoms with van der Waals surface area (Å²) < 4.78 is 18.7. The van der Waals surface area contributed by atoms with E-state index in [2.05, 4.69) is 0 Å². The van der Waals surface area contributed by atoms with E-state index >= 15 is 0 Å². The summed E-state index contributed by atoms with van der Waals surface area (Å²) in [6.07, 6.45) is 0. The van der Waals surface area contributed by atoms with Gasteiger partial charge in [0, 0.05) is 0 Å². The fourth-order valence-corrected chi connectivity index (χ4v) is 1.71. The van der Waals surface area contributed by atoms with Crippen LogP contribution in [0.25, 0.3) is 0 Å². The Morgan fingerprint density at radius 3 is 2.44 bits per heavy atom. The number of nitrogens with zero attached hydrogens (tertiary/aromatic N) is 1. The minimum Gasteiger partial charge on any atom is -0.456 e. The quantitative estimate of drug-likeness (QED) is 0.792. The summed E-state index contributed by atoms with van der Waals surface area (Å²) in [6.45, 7) is 3.92. The van der Waals surface area contributed by atoms with E-state index in [-0.39, 0.29) is 5.56 Å². The third-order valence-corrected chi connectivity index (χ3v) is 2.61. The second-order valence-corrected chi connectivity index (χ2v) is 4.12. The Bertz CT molecular complexity index is 629. The summed E-state index contributed by atoms with van der Waals surface area (Å²) >= 11 is 0. The number of rotatable bonds is 2. The minimum absolute atomic E-state index is 0.190. The van der Waals surface area contributed by atoms with Crippen molar-refractivity contribution >= 4 is 0 Å². The molecule has 2 aromatic rings. The number of hydrogen-bond acceptors (Lipinski definition) is 2. The fraction of sp³-hybridized carbons (Fsp3) is 0.133. The lowest BCUT2D eigenvalue weighted by atomic mass is 10.1. The molecule has 2 rings (SSSR count). The van der Waals surface area contributed by atoms with E-state index in [4.69, 9.17) is 10.00 Å². The van der Waals surface area contributed by atoms with Gasteiger partial charge in [-0.15, -0.1) is 0 Å².